The average Bonchev–Trinajstić information content (AvgIpc) is 2.65. The molecule has 2 aromatic carbocycles. The van der Waals surface area contributed by atoms with Gasteiger partial charge in [-0.25, -0.2) is 9.18 Å². The molecule has 0 aliphatic heterocycles. The summed E-state index contributed by atoms with van der Waals surface area (Å²) in [6.07, 6.45) is 1.14. The molecule has 5 nitrogen and oxygen atoms in total. The summed E-state index contributed by atoms with van der Waals surface area (Å²) in [7, 11) is 0. The first-order chi connectivity index (χ1) is 13.4. The van der Waals surface area contributed by atoms with Gasteiger partial charge in [-0.15, -0.1) is 0 Å². The molecule has 2 rings (SSSR count). The van der Waals surface area contributed by atoms with Crippen molar-refractivity contribution in [2.45, 2.75) is 46.2 Å². The number of rotatable bonds is 8. The number of urea groups is 1. The van der Waals surface area contributed by atoms with Gasteiger partial charge in [0.25, 0.3) is 0 Å². The van der Waals surface area contributed by atoms with E-state index in [0.29, 0.717) is 18.8 Å². The van der Waals surface area contributed by atoms with Crippen LogP contribution in [0.2, 0.25) is 0 Å². The van der Waals surface area contributed by atoms with Crippen LogP contribution in [0.1, 0.15) is 38.3 Å². The Bertz CT molecular complexity index is 791. The largest absolute Gasteiger partial charge is 0.356 e. The zero-order valence-electron chi connectivity index (χ0n) is 16.7. The summed E-state index contributed by atoms with van der Waals surface area (Å²) in [5.74, 6) is -0.363. The molecule has 0 saturated carbocycles. The number of hydrogen-bond acceptors (Lipinski definition) is 2. The summed E-state index contributed by atoms with van der Waals surface area (Å²) in [5, 5.41) is 5.75. The smallest absolute Gasteiger partial charge is 0.322 e. The van der Waals surface area contributed by atoms with Crippen molar-refractivity contribution in [2.24, 2.45) is 0 Å². The molecular formula is C22H28FN3O2. The molecule has 28 heavy (non-hydrogen) atoms. The van der Waals surface area contributed by atoms with E-state index in [0.717, 1.165) is 17.5 Å². The molecule has 0 saturated heterocycles. The maximum Gasteiger partial charge on any atom is 0.322 e. The number of halogens is 1. The minimum absolute atomic E-state index is 0.0220. The summed E-state index contributed by atoms with van der Waals surface area (Å²) >= 11 is 0. The first kappa shape index (κ1) is 21.4. The second-order valence-electron chi connectivity index (χ2n) is 7.01. The SMILES string of the molecule is CCCNC(=O)Cc1cccc(N(Cc2ccc(F)cc2)C(=O)NC(C)C)c1. The van der Waals surface area contributed by atoms with E-state index in [-0.39, 0.29) is 30.2 Å². The lowest BCUT2D eigenvalue weighted by Gasteiger charge is -2.25. The minimum atomic E-state index is -0.318. The van der Waals surface area contributed by atoms with Crippen molar-refractivity contribution in [2.75, 3.05) is 11.4 Å². The quantitative estimate of drug-likeness (QED) is 0.721. The number of nitrogens with zero attached hydrogens (tertiary/aromatic N) is 1. The van der Waals surface area contributed by atoms with Crippen molar-refractivity contribution in [1.82, 2.24) is 10.6 Å². The number of amides is 3. The molecule has 0 radical (unpaired) electrons. The van der Waals surface area contributed by atoms with Gasteiger partial charge in [0.15, 0.2) is 0 Å². The molecule has 0 spiro atoms. The van der Waals surface area contributed by atoms with Gasteiger partial charge < -0.3 is 10.6 Å². The maximum absolute atomic E-state index is 13.2. The van der Waals surface area contributed by atoms with Gasteiger partial charge in [0, 0.05) is 18.3 Å². The second-order valence-corrected chi connectivity index (χ2v) is 7.01. The first-order valence-corrected chi connectivity index (χ1v) is 9.57. The Morgan fingerprint density at radius 1 is 1.07 bits per heavy atom. The molecule has 6 heteroatoms. The van der Waals surface area contributed by atoms with Gasteiger partial charge in [0.2, 0.25) is 5.91 Å². The van der Waals surface area contributed by atoms with Crippen molar-refractivity contribution in [3.8, 4) is 0 Å². The summed E-state index contributed by atoms with van der Waals surface area (Å²) in [5.41, 5.74) is 2.32. The third-order valence-electron chi connectivity index (χ3n) is 4.07. The molecule has 0 aliphatic rings. The highest BCUT2D eigenvalue weighted by atomic mass is 19.1. The first-order valence-electron chi connectivity index (χ1n) is 9.57. The fourth-order valence-corrected chi connectivity index (χ4v) is 2.72. The number of carbonyl (C=O) groups excluding carboxylic acids is 2. The van der Waals surface area contributed by atoms with E-state index in [1.54, 1.807) is 17.0 Å². The van der Waals surface area contributed by atoms with Gasteiger partial charge >= 0.3 is 6.03 Å². The highest BCUT2D eigenvalue weighted by molar-refractivity contribution is 5.92. The van der Waals surface area contributed by atoms with Gasteiger partial charge in [0.05, 0.1) is 13.0 Å². The van der Waals surface area contributed by atoms with E-state index in [1.165, 1.54) is 12.1 Å². The lowest BCUT2D eigenvalue weighted by Crippen LogP contribution is -2.42. The summed E-state index contributed by atoms with van der Waals surface area (Å²) < 4.78 is 13.2. The van der Waals surface area contributed by atoms with E-state index in [9.17, 15) is 14.0 Å². The highest BCUT2D eigenvalue weighted by Gasteiger charge is 2.18. The molecule has 0 bridgehead atoms. The lowest BCUT2D eigenvalue weighted by molar-refractivity contribution is -0.120. The molecule has 150 valence electrons. The number of hydrogen-bond donors (Lipinski definition) is 2. The van der Waals surface area contributed by atoms with E-state index in [2.05, 4.69) is 10.6 Å². The molecular weight excluding hydrogens is 357 g/mol. The van der Waals surface area contributed by atoms with E-state index >= 15 is 0 Å². The van der Waals surface area contributed by atoms with Crippen LogP contribution in [0.15, 0.2) is 48.5 Å². The molecule has 3 amide bonds. The van der Waals surface area contributed by atoms with Crippen molar-refractivity contribution >= 4 is 17.6 Å². The van der Waals surface area contributed by atoms with Crippen LogP contribution in [0.25, 0.3) is 0 Å². The number of anilines is 1. The molecule has 0 heterocycles. The van der Waals surface area contributed by atoms with Crippen LogP contribution in [-0.2, 0) is 17.8 Å². The van der Waals surface area contributed by atoms with Crippen molar-refractivity contribution < 1.29 is 14.0 Å². The van der Waals surface area contributed by atoms with Gasteiger partial charge in [-0.2, -0.15) is 0 Å². The maximum atomic E-state index is 13.2. The van der Waals surface area contributed by atoms with Crippen LogP contribution in [0, 0.1) is 5.82 Å². The van der Waals surface area contributed by atoms with Crippen molar-refractivity contribution in [3.05, 3.63) is 65.5 Å². The van der Waals surface area contributed by atoms with Crippen LogP contribution in [0.5, 0.6) is 0 Å². The molecule has 2 N–H and O–H groups in total. The number of benzene rings is 2. The van der Waals surface area contributed by atoms with Crippen LogP contribution >= 0.6 is 0 Å². The average molecular weight is 385 g/mol. The normalized spacial score (nSPS) is 10.6. The summed E-state index contributed by atoms with van der Waals surface area (Å²) in [6.45, 7) is 6.73. The molecule has 0 fully saturated rings. The summed E-state index contributed by atoms with van der Waals surface area (Å²) in [6, 6.07) is 13.2. The van der Waals surface area contributed by atoms with Gasteiger partial charge in [-0.1, -0.05) is 31.2 Å². The predicted octanol–water partition coefficient (Wildman–Crippen LogP) is 4.02. The molecule has 0 unspecified atom stereocenters. The zero-order valence-corrected chi connectivity index (χ0v) is 16.7. The Kier molecular flexibility index (Phi) is 7.99. The molecule has 2 aromatic rings. The van der Waals surface area contributed by atoms with Crippen molar-refractivity contribution in [3.63, 3.8) is 0 Å². The van der Waals surface area contributed by atoms with Crippen LogP contribution in [0.3, 0.4) is 0 Å². The van der Waals surface area contributed by atoms with E-state index < -0.39 is 0 Å². The van der Waals surface area contributed by atoms with Crippen molar-refractivity contribution in [1.29, 1.82) is 0 Å². The fourth-order valence-electron chi connectivity index (χ4n) is 2.72. The van der Waals surface area contributed by atoms with Gasteiger partial charge in [-0.05, 0) is 55.7 Å². The minimum Gasteiger partial charge on any atom is -0.356 e. The molecule has 0 aromatic heterocycles. The van der Waals surface area contributed by atoms with Crippen LogP contribution in [-0.4, -0.2) is 24.5 Å². The topological polar surface area (TPSA) is 61.4 Å². The molecule has 0 aliphatic carbocycles. The fraction of sp³-hybridized carbons (Fsp3) is 0.364. The zero-order chi connectivity index (χ0) is 20.5. The third-order valence-corrected chi connectivity index (χ3v) is 4.07. The Hall–Kier alpha value is -2.89. The highest BCUT2D eigenvalue weighted by Crippen LogP contribution is 2.20. The standard InChI is InChI=1S/C22H28FN3O2/c1-4-12-24-21(27)14-18-6-5-7-20(13-18)26(22(28)25-16(2)3)15-17-8-10-19(23)11-9-17/h5-11,13,16H,4,12,14-15H2,1-3H3,(H,24,27)(H,25,28). The predicted molar refractivity (Wildman–Crippen MR) is 110 cm³/mol. The Morgan fingerprint density at radius 3 is 2.43 bits per heavy atom. The number of nitrogens with one attached hydrogen (secondary N) is 2. The lowest BCUT2D eigenvalue weighted by atomic mass is 10.1. The Balaban J connectivity index is 2.24. The summed E-state index contributed by atoms with van der Waals surface area (Å²) in [4.78, 5) is 26.4. The Labute approximate surface area is 165 Å². The van der Waals surface area contributed by atoms with Crippen LogP contribution in [0.4, 0.5) is 14.9 Å². The van der Waals surface area contributed by atoms with Crippen LogP contribution < -0.4 is 15.5 Å². The monoisotopic (exact) mass is 385 g/mol. The third kappa shape index (κ3) is 6.68. The van der Waals surface area contributed by atoms with E-state index in [4.69, 9.17) is 0 Å². The van der Waals surface area contributed by atoms with E-state index in [1.807, 2.05) is 45.0 Å². The second kappa shape index (κ2) is 10.4. The molecule has 0 atom stereocenters. The number of carbonyl (C=O) groups is 2. The Morgan fingerprint density at radius 2 is 1.79 bits per heavy atom. The van der Waals surface area contributed by atoms with Gasteiger partial charge in [0.1, 0.15) is 5.82 Å². The van der Waals surface area contributed by atoms with Gasteiger partial charge in [-0.3, -0.25) is 9.69 Å².